The first kappa shape index (κ1) is 13.6. The van der Waals surface area contributed by atoms with Crippen LogP contribution in [-0.2, 0) is 4.79 Å². The summed E-state index contributed by atoms with van der Waals surface area (Å²) in [5, 5.41) is 0. The Morgan fingerprint density at radius 2 is 2.00 bits per heavy atom. The number of amides is 1. The molecular formula is C8H14F3NOS. The van der Waals surface area contributed by atoms with Crippen LogP contribution in [-0.4, -0.2) is 42.1 Å². The fourth-order valence-corrected chi connectivity index (χ4v) is 1.91. The second kappa shape index (κ2) is 5.48. The topological polar surface area (TPSA) is 20.3 Å². The Morgan fingerprint density at radius 1 is 1.50 bits per heavy atom. The van der Waals surface area contributed by atoms with Crippen LogP contribution in [0.5, 0.6) is 0 Å². The molecular weight excluding hydrogens is 215 g/mol. The first-order valence-corrected chi connectivity index (χ1v) is 5.56. The number of halogens is 3. The molecule has 0 aliphatic carbocycles. The summed E-state index contributed by atoms with van der Waals surface area (Å²) in [6, 6.07) is -0.348. The van der Waals surface area contributed by atoms with Gasteiger partial charge in [0.25, 0.3) is 0 Å². The first-order chi connectivity index (χ1) is 6.34. The van der Waals surface area contributed by atoms with E-state index in [1.54, 1.807) is 13.2 Å². The third-order valence-corrected chi connectivity index (χ3v) is 2.66. The van der Waals surface area contributed by atoms with E-state index < -0.39 is 12.1 Å². The number of carbonyl (C=O) groups excluding carboxylic acids is 1. The summed E-state index contributed by atoms with van der Waals surface area (Å²) in [6.07, 6.45) is -2.44. The number of alkyl halides is 3. The van der Waals surface area contributed by atoms with E-state index in [4.69, 9.17) is 0 Å². The van der Waals surface area contributed by atoms with Gasteiger partial charge in [-0.15, -0.1) is 0 Å². The molecule has 1 atom stereocenters. The van der Waals surface area contributed by atoms with Gasteiger partial charge in [-0.05, 0) is 12.7 Å². The smallest absolute Gasteiger partial charge is 0.334 e. The van der Waals surface area contributed by atoms with Crippen LogP contribution >= 0.6 is 11.8 Å². The van der Waals surface area contributed by atoms with Crippen molar-refractivity contribution >= 4 is 17.7 Å². The van der Waals surface area contributed by atoms with E-state index in [-0.39, 0.29) is 6.04 Å². The van der Waals surface area contributed by atoms with Gasteiger partial charge in [-0.25, -0.2) is 0 Å². The Labute approximate surface area is 85.8 Å². The number of hydrogen-bond donors (Lipinski definition) is 0. The van der Waals surface area contributed by atoms with Crippen LogP contribution in [0.4, 0.5) is 13.2 Å². The third kappa shape index (κ3) is 3.77. The van der Waals surface area contributed by atoms with Gasteiger partial charge >= 0.3 is 12.1 Å². The van der Waals surface area contributed by atoms with Crippen molar-refractivity contribution in [3.8, 4) is 0 Å². The summed E-state index contributed by atoms with van der Waals surface area (Å²) in [7, 11) is 1.19. The van der Waals surface area contributed by atoms with E-state index in [0.29, 0.717) is 12.2 Å². The van der Waals surface area contributed by atoms with Crippen molar-refractivity contribution in [3.63, 3.8) is 0 Å². The number of thioether (sulfide) groups is 1. The standard InChI is InChI=1S/C8H14F3NOS/c1-4-6(5-14-3)12(2)7(13)8(9,10)11/h6H,4-5H2,1-3H3. The Bertz CT molecular complexity index is 196. The highest BCUT2D eigenvalue weighted by Gasteiger charge is 2.42. The predicted octanol–water partition coefficient (Wildman–Crippen LogP) is 2.15. The van der Waals surface area contributed by atoms with Gasteiger partial charge in [0.05, 0.1) is 0 Å². The van der Waals surface area contributed by atoms with Gasteiger partial charge in [0.1, 0.15) is 0 Å². The summed E-state index contributed by atoms with van der Waals surface area (Å²) >= 11 is 1.43. The van der Waals surface area contributed by atoms with Crippen molar-refractivity contribution in [3.05, 3.63) is 0 Å². The van der Waals surface area contributed by atoms with Gasteiger partial charge in [0.2, 0.25) is 0 Å². The quantitative estimate of drug-likeness (QED) is 0.736. The zero-order valence-corrected chi connectivity index (χ0v) is 9.21. The molecule has 0 radical (unpaired) electrons. The lowest BCUT2D eigenvalue weighted by Crippen LogP contribution is -2.45. The lowest BCUT2D eigenvalue weighted by Gasteiger charge is -2.27. The van der Waals surface area contributed by atoms with E-state index in [1.807, 2.05) is 0 Å². The second-order valence-corrected chi connectivity index (χ2v) is 3.84. The highest BCUT2D eigenvalue weighted by molar-refractivity contribution is 7.98. The Morgan fingerprint density at radius 3 is 2.29 bits per heavy atom. The summed E-state index contributed by atoms with van der Waals surface area (Å²) in [6.45, 7) is 1.76. The average molecular weight is 229 g/mol. The monoisotopic (exact) mass is 229 g/mol. The Hall–Kier alpha value is -0.390. The molecule has 14 heavy (non-hydrogen) atoms. The van der Waals surface area contributed by atoms with E-state index in [9.17, 15) is 18.0 Å². The van der Waals surface area contributed by atoms with Crippen LogP contribution in [0.15, 0.2) is 0 Å². The molecule has 0 aromatic rings. The maximum absolute atomic E-state index is 12.0. The second-order valence-electron chi connectivity index (χ2n) is 2.93. The maximum Gasteiger partial charge on any atom is 0.471 e. The number of nitrogens with zero attached hydrogens (tertiary/aromatic N) is 1. The summed E-state index contributed by atoms with van der Waals surface area (Å²) < 4.78 is 36.1. The number of hydrogen-bond acceptors (Lipinski definition) is 2. The molecule has 0 fully saturated rings. The largest absolute Gasteiger partial charge is 0.471 e. The molecule has 0 aliphatic heterocycles. The van der Waals surface area contributed by atoms with E-state index in [0.717, 1.165) is 4.90 Å². The molecule has 0 aliphatic rings. The van der Waals surface area contributed by atoms with Gasteiger partial charge < -0.3 is 4.90 Å². The zero-order chi connectivity index (χ0) is 11.4. The van der Waals surface area contributed by atoms with E-state index in [1.165, 1.54) is 18.8 Å². The molecule has 6 heteroatoms. The van der Waals surface area contributed by atoms with E-state index in [2.05, 4.69) is 0 Å². The van der Waals surface area contributed by atoms with Crippen LogP contribution in [0.1, 0.15) is 13.3 Å². The summed E-state index contributed by atoms with van der Waals surface area (Å²) in [4.78, 5) is 11.6. The zero-order valence-electron chi connectivity index (χ0n) is 8.39. The molecule has 0 aromatic heterocycles. The highest BCUT2D eigenvalue weighted by Crippen LogP contribution is 2.20. The molecule has 0 rings (SSSR count). The molecule has 0 aromatic carbocycles. The molecule has 2 nitrogen and oxygen atoms in total. The van der Waals surface area contributed by atoms with Gasteiger partial charge in [0.15, 0.2) is 0 Å². The fourth-order valence-electron chi connectivity index (χ4n) is 1.06. The molecule has 0 heterocycles. The van der Waals surface area contributed by atoms with E-state index >= 15 is 0 Å². The number of rotatable bonds is 4. The summed E-state index contributed by atoms with van der Waals surface area (Å²) in [5.74, 6) is -1.24. The SMILES string of the molecule is CCC(CSC)N(C)C(=O)C(F)(F)F. The predicted molar refractivity (Wildman–Crippen MR) is 51.3 cm³/mol. The lowest BCUT2D eigenvalue weighted by molar-refractivity contribution is -0.185. The van der Waals surface area contributed by atoms with Crippen molar-refractivity contribution in [2.75, 3.05) is 19.1 Å². The highest BCUT2D eigenvalue weighted by atomic mass is 32.2. The molecule has 84 valence electrons. The molecule has 0 saturated carbocycles. The van der Waals surface area contributed by atoms with Crippen molar-refractivity contribution in [1.29, 1.82) is 0 Å². The average Bonchev–Trinajstić information content (AvgIpc) is 2.10. The van der Waals surface area contributed by atoms with Gasteiger partial charge in [-0.1, -0.05) is 6.92 Å². The van der Waals surface area contributed by atoms with Crippen molar-refractivity contribution in [1.82, 2.24) is 4.90 Å². The van der Waals surface area contributed by atoms with Crippen LogP contribution in [0.25, 0.3) is 0 Å². The Balaban J connectivity index is 4.42. The lowest BCUT2D eigenvalue weighted by atomic mass is 10.2. The fraction of sp³-hybridized carbons (Fsp3) is 0.875. The Kier molecular flexibility index (Phi) is 5.33. The van der Waals surface area contributed by atoms with Crippen molar-refractivity contribution in [2.45, 2.75) is 25.6 Å². The van der Waals surface area contributed by atoms with Crippen molar-refractivity contribution < 1.29 is 18.0 Å². The van der Waals surface area contributed by atoms with Gasteiger partial charge in [0, 0.05) is 18.8 Å². The minimum Gasteiger partial charge on any atom is -0.334 e. The molecule has 0 spiro atoms. The number of carbonyl (C=O) groups is 1. The van der Waals surface area contributed by atoms with Crippen LogP contribution in [0.3, 0.4) is 0 Å². The van der Waals surface area contributed by atoms with Gasteiger partial charge in [-0.3, -0.25) is 4.79 Å². The molecule has 0 bridgehead atoms. The molecule has 1 amide bonds. The first-order valence-electron chi connectivity index (χ1n) is 4.17. The minimum absolute atomic E-state index is 0.348. The molecule has 0 saturated heterocycles. The minimum atomic E-state index is -4.76. The van der Waals surface area contributed by atoms with Crippen molar-refractivity contribution in [2.24, 2.45) is 0 Å². The maximum atomic E-state index is 12.0. The van der Waals surface area contributed by atoms with Crippen LogP contribution in [0, 0.1) is 0 Å². The molecule has 0 N–H and O–H groups in total. The third-order valence-electron chi connectivity index (χ3n) is 1.94. The van der Waals surface area contributed by atoms with Crippen LogP contribution in [0.2, 0.25) is 0 Å². The van der Waals surface area contributed by atoms with Gasteiger partial charge in [-0.2, -0.15) is 24.9 Å². The normalized spacial score (nSPS) is 13.9. The summed E-state index contributed by atoms with van der Waals surface area (Å²) in [5.41, 5.74) is 0. The van der Waals surface area contributed by atoms with Crippen LogP contribution < -0.4 is 0 Å². The molecule has 1 unspecified atom stereocenters.